The highest BCUT2D eigenvalue weighted by Gasteiger charge is 1.99. The highest BCUT2D eigenvalue weighted by Crippen LogP contribution is 2.31. The lowest BCUT2D eigenvalue weighted by Crippen LogP contribution is -1.87. The predicted molar refractivity (Wildman–Crippen MR) is 47.7 cm³/mol. The molecule has 0 N–H and O–H groups in total. The minimum Gasteiger partial charge on any atom is -0.198 e. The molecule has 0 aliphatic rings. The first-order valence-corrected chi connectivity index (χ1v) is 5.89. The molecular formula is C8H13N2P. The fraction of sp³-hybridized carbons (Fsp3) is 0.750. The standard InChI is InChI=1S/C8H13N2P/c1-11(8-4-6-10)7-3-2-5-9/h2-4,7-8H2,1H3. The van der Waals surface area contributed by atoms with Crippen LogP contribution in [0.4, 0.5) is 0 Å². The van der Waals surface area contributed by atoms with E-state index in [0.29, 0.717) is 12.8 Å². The number of hydrogen-bond acceptors (Lipinski definition) is 2. The van der Waals surface area contributed by atoms with Crippen molar-refractivity contribution in [2.45, 2.75) is 19.3 Å². The van der Waals surface area contributed by atoms with E-state index in [-0.39, 0.29) is 7.92 Å². The lowest BCUT2D eigenvalue weighted by atomic mass is 10.4. The van der Waals surface area contributed by atoms with Crippen LogP contribution in [0.2, 0.25) is 0 Å². The van der Waals surface area contributed by atoms with Crippen LogP contribution < -0.4 is 0 Å². The molecule has 0 aromatic rings. The first-order valence-electron chi connectivity index (χ1n) is 3.73. The van der Waals surface area contributed by atoms with Crippen molar-refractivity contribution in [1.29, 1.82) is 10.5 Å². The van der Waals surface area contributed by atoms with Crippen LogP contribution in [0.25, 0.3) is 0 Å². The second-order valence-corrected chi connectivity index (χ2v) is 5.08. The average molecular weight is 168 g/mol. The van der Waals surface area contributed by atoms with Crippen LogP contribution in [0.1, 0.15) is 19.3 Å². The van der Waals surface area contributed by atoms with E-state index >= 15 is 0 Å². The van der Waals surface area contributed by atoms with Gasteiger partial charge in [-0.1, -0.05) is 0 Å². The first-order chi connectivity index (χ1) is 5.31. The van der Waals surface area contributed by atoms with Crippen LogP contribution in [0, 0.1) is 22.7 Å². The summed E-state index contributed by atoms with van der Waals surface area (Å²) in [4.78, 5) is 0. The molecule has 0 fully saturated rings. The van der Waals surface area contributed by atoms with Gasteiger partial charge in [0.05, 0.1) is 12.1 Å². The second-order valence-electron chi connectivity index (χ2n) is 2.47. The normalized spacial score (nSPS) is 11.5. The maximum absolute atomic E-state index is 8.29. The van der Waals surface area contributed by atoms with Gasteiger partial charge in [-0.25, -0.2) is 0 Å². The molecule has 0 aliphatic heterocycles. The highest BCUT2D eigenvalue weighted by molar-refractivity contribution is 7.56. The Morgan fingerprint density at radius 3 is 2.27 bits per heavy atom. The Morgan fingerprint density at radius 2 is 1.73 bits per heavy atom. The Labute approximate surface area is 69.6 Å². The van der Waals surface area contributed by atoms with Crippen LogP contribution in [0.5, 0.6) is 0 Å². The van der Waals surface area contributed by atoms with Crippen LogP contribution >= 0.6 is 7.92 Å². The van der Waals surface area contributed by atoms with Gasteiger partial charge in [-0.2, -0.15) is 10.5 Å². The van der Waals surface area contributed by atoms with Gasteiger partial charge in [0.15, 0.2) is 0 Å². The maximum Gasteiger partial charge on any atom is 0.0625 e. The summed E-state index contributed by atoms with van der Waals surface area (Å²) < 4.78 is 0. The smallest absolute Gasteiger partial charge is 0.0625 e. The zero-order valence-corrected chi connectivity index (χ0v) is 7.77. The summed E-state index contributed by atoms with van der Waals surface area (Å²) in [5, 5.41) is 16.6. The molecule has 60 valence electrons. The van der Waals surface area contributed by atoms with Gasteiger partial charge in [-0.15, -0.1) is 7.92 Å². The van der Waals surface area contributed by atoms with Gasteiger partial charge in [-0.05, 0) is 25.4 Å². The molecule has 0 rings (SSSR count). The number of rotatable bonds is 5. The van der Waals surface area contributed by atoms with Crippen LogP contribution in [-0.4, -0.2) is 19.0 Å². The third-order valence-electron chi connectivity index (χ3n) is 1.43. The van der Waals surface area contributed by atoms with E-state index in [1.807, 2.05) is 0 Å². The van der Waals surface area contributed by atoms with Gasteiger partial charge in [0.25, 0.3) is 0 Å². The van der Waals surface area contributed by atoms with Crippen molar-refractivity contribution in [1.82, 2.24) is 0 Å². The second kappa shape index (κ2) is 7.52. The predicted octanol–water partition coefficient (Wildman–Crippen LogP) is 2.32. The molecule has 0 heterocycles. The zero-order valence-electron chi connectivity index (χ0n) is 6.88. The summed E-state index contributed by atoms with van der Waals surface area (Å²) in [5.41, 5.74) is 0. The van der Waals surface area contributed by atoms with Crippen molar-refractivity contribution in [3.05, 3.63) is 0 Å². The third kappa shape index (κ3) is 7.31. The summed E-state index contributed by atoms with van der Waals surface area (Å²) in [6.45, 7) is 2.20. The lowest BCUT2D eigenvalue weighted by molar-refractivity contribution is 0.972. The SMILES string of the molecule is CP(CCC#N)CCCC#N. The third-order valence-corrected chi connectivity index (χ3v) is 3.50. The van der Waals surface area contributed by atoms with Crippen LogP contribution in [-0.2, 0) is 0 Å². The minimum absolute atomic E-state index is 0.0283. The summed E-state index contributed by atoms with van der Waals surface area (Å²) >= 11 is 0. The van der Waals surface area contributed by atoms with Gasteiger partial charge in [0, 0.05) is 12.8 Å². The van der Waals surface area contributed by atoms with Gasteiger partial charge >= 0.3 is 0 Å². The Balaban J connectivity index is 3.18. The topological polar surface area (TPSA) is 47.6 Å². The Morgan fingerprint density at radius 1 is 1.09 bits per heavy atom. The molecule has 1 atom stereocenters. The molecule has 0 amide bonds. The van der Waals surface area contributed by atoms with E-state index in [0.717, 1.165) is 18.7 Å². The Hall–Kier alpha value is -0.590. The van der Waals surface area contributed by atoms with Crippen molar-refractivity contribution in [2.24, 2.45) is 0 Å². The van der Waals surface area contributed by atoms with Crippen LogP contribution in [0.3, 0.4) is 0 Å². The molecule has 0 bridgehead atoms. The summed E-state index contributed by atoms with van der Waals surface area (Å²) in [6.07, 6.45) is 4.53. The number of nitrogens with zero attached hydrogens (tertiary/aromatic N) is 2. The molecule has 0 aliphatic carbocycles. The monoisotopic (exact) mass is 168 g/mol. The van der Waals surface area contributed by atoms with Crippen molar-refractivity contribution >= 4 is 7.92 Å². The van der Waals surface area contributed by atoms with E-state index in [9.17, 15) is 0 Å². The average Bonchev–Trinajstić information content (AvgIpc) is 2.01. The molecule has 0 aromatic heterocycles. The van der Waals surface area contributed by atoms with E-state index in [4.69, 9.17) is 10.5 Å². The molecule has 3 heteroatoms. The zero-order chi connectivity index (χ0) is 8.53. The Bertz CT molecular complexity index is 166. The molecule has 0 saturated carbocycles. The molecule has 0 radical (unpaired) electrons. The van der Waals surface area contributed by atoms with Gasteiger partial charge in [0.2, 0.25) is 0 Å². The molecule has 0 spiro atoms. The van der Waals surface area contributed by atoms with Crippen molar-refractivity contribution in [3.63, 3.8) is 0 Å². The molecule has 11 heavy (non-hydrogen) atoms. The van der Waals surface area contributed by atoms with Gasteiger partial charge in [0.1, 0.15) is 0 Å². The molecule has 0 aromatic carbocycles. The van der Waals surface area contributed by atoms with E-state index < -0.39 is 0 Å². The Kier molecular flexibility index (Phi) is 7.11. The molecule has 0 saturated heterocycles. The fourth-order valence-corrected chi connectivity index (χ4v) is 2.18. The van der Waals surface area contributed by atoms with Crippen molar-refractivity contribution < 1.29 is 0 Å². The maximum atomic E-state index is 8.29. The van der Waals surface area contributed by atoms with E-state index in [2.05, 4.69) is 18.8 Å². The highest BCUT2D eigenvalue weighted by atomic mass is 31.1. The first kappa shape index (κ1) is 10.4. The number of nitriles is 2. The van der Waals surface area contributed by atoms with E-state index in [1.165, 1.54) is 0 Å². The molecule has 2 nitrogen and oxygen atoms in total. The number of hydrogen-bond donors (Lipinski definition) is 0. The quantitative estimate of drug-likeness (QED) is 0.467. The minimum atomic E-state index is 0.0283. The fourth-order valence-electron chi connectivity index (χ4n) is 0.781. The summed E-state index contributed by atoms with van der Waals surface area (Å²) in [6, 6.07) is 4.26. The summed E-state index contributed by atoms with van der Waals surface area (Å²) in [7, 11) is 0.0283. The lowest BCUT2D eigenvalue weighted by Gasteiger charge is -2.07. The van der Waals surface area contributed by atoms with Crippen LogP contribution in [0.15, 0.2) is 0 Å². The van der Waals surface area contributed by atoms with E-state index in [1.54, 1.807) is 0 Å². The molecule has 1 unspecified atom stereocenters. The van der Waals surface area contributed by atoms with Gasteiger partial charge < -0.3 is 0 Å². The largest absolute Gasteiger partial charge is 0.198 e. The number of unbranched alkanes of at least 4 members (excludes halogenated alkanes) is 1. The van der Waals surface area contributed by atoms with Gasteiger partial charge in [-0.3, -0.25) is 0 Å². The molecular weight excluding hydrogens is 155 g/mol. The summed E-state index contributed by atoms with van der Waals surface area (Å²) in [5.74, 6) is 0. The van der Waals surface area contributed by atoms with Crippen molar-refractivity contribution in [3.8, 4) is 12.1 Å². The van der Waals surface area contributed by atoms with Crippen molar-refractivity contribution in [2.75, 3.05) is 19.0 Å².